The van der Waals surface area contributed by atoms with Crippen LogP contribution in [0.4, 0.5) is 5.69 Å². The summed E-state index contributed by atoms with van der Waals surface area (Å²) in [6.45, 7) is 1.32. The van der Waals surface area contributed by atoms with E-state index in [1.54, 1.807) is 18.4 Å². The molecule has 0 atom stereocenters. The summed E-state index contributed by atoms with van der Waals surface area (Å²) in [6.07, 6.45) is 0. The number of para-hydroxylation sites is 1. The lowest BCUT2D eigenvalue weighted by molar-refractivity contribution is -0.385. The zero-order valence-electron chi connectivity index (χ0n) is 11.1. The number of benzene rings is 1. The Labute approximate surface area is 123 Å². The Morgan fingerprint density at radius 1 is 1.43 bits per heavy atom. The van der Waals surface area contributed by atoms with Crippen LogP contribution >= 0.6 is 11.3 Å². The van der Waals surface area contributed by atoms with Crippen molar-refractivity contribution in [3.8, 4) is 0 Å². The van der Waals surface area contributed by atoms with Gasteiger partial charge in [0.05, 0.1) is 10.5 Å². The lowest BCUT2D eigenvalue weighted by atomic mass is 10.2. The summed E-state index contributed by atoms with van der Waals surface area (Å²) in [7, 11) is 0. The minimum absolute atomic E-state index is 0.103. The van der Waals surface area contributed by atoms with Gasteiger partial charge in [0.2, 0.25) is 0 Å². The largest absolute Gasteiger partial charge is 0.459 e. The Morgan fingerprint density at radius 2 is 2.14 bits per heavy atom. The van der Waals surface area contributed by atoms with Crippen LogP contribution in [0.3, 0.4) is 0 Å². The Morgan fingerprint density at radius 3 is 2.76 bits per heavy atom. The molecule has 8 heteroatoms. The highest BCUT2D eigenvalue weighted by molar-refractivity contribution is 7.07. The van der Waals surface area contributed by atoms with Gasteiger partial charge >= 0.3 is 10.8 Å². The van der Waals surface area contributed by atoms with E-state index in [1.165, 1.54) is 22.8 Å². The maximum Gasteiger partial charge on any atom is 0.326 e. The van der Waals surface area contributed by atoms with Gasteiger partial charge in [-0.25, -0.2) is 0 Å². The van der Waals surface area contributed by atoms with Crippen LogP contribution in [0.1, 0.15) is 11.3 Å². The number of nitro benzene ring substituents is 1. The Balaban J connectivity index is 2.02. The Hall–Kier alpha value is -2.48. The van der Waals surface area contributed by atoms with Gasteiger partial charge in [0.1, 0.15) is 13.2 Å². The lowest BCUT2D eigenvalue weighted by Crippen LogP contribution is -2.22. The number of hydrogen-bond donors (Lipinski definition) is 0. The van der Waals surface area contributed by atoms with E-state index in [-0.39, 0.29) is 23.7 Å². The standard InChI is InChI=1S/C13H12N2O5S/c1-9-8-21-13(17)14(9)6-12(16)20-7-10-4-2-3-5-11(10)15(18)19/h2-5,8H,6-7H2,1H3. The number of aryl methyl sites for hydroxylation is 1. The highest BCUT2D eigenvalue weighted by Gasteiger charge is 2.15. The molecule has 0 aliphatic rings. The van der Waals surface area contributed by atoms with Crippen LogP contribution in [0.5, 0.6) is 0 Å². The molecule has 2 aromatic rings. The molecule has 0 amide bonds. The van der Waals surface area contributed by atoms with Gasteiger partial charge in [0, 0.05) is 17.1 Å². The number of carbonyl (C=O) groups is 1. The van der Waals surface area contributed by atoms with Crippen molar-refractivity contribution < 1.29 is 14.5 Å². The summed E-state index contributed by atoms with van der Waals surface area (Å²) in [5.41, 5.74) is 0.882. The molecule has 0 saturated carbocycles. The molecule has 0 radical (unpaired) electrons. The van der Waals surface area contributed by atoms with E-state index in [0.29, 0.717) is 11.3 Å². The molecule has 7 nitrogen and oxygen atoms in total. The van der Waals surface area contributed by atoms with Gasteiger partial charge in [-0.3, -0.25) is 24.3 Å². The van der Waals surface area contributed by atoms with Crippen LogP contribution in [-0.4, -0.2) is 15.5 Å². The van der Waals surface area contributed by atoms with Gasteiger partial charge in [0.15, 0.2) is 0 Å². The molecule has 0 fully saturated rings. The first-order valence-corrected chi connectivity index (χ1v) is 6.90. The molecule has 0 aliphatic carbocycles. The third-order valence-corrected chi connectivity index (χ3v) is 3.72. The van der Waals surface area contributed by atoms with Crippen LogP contribution < -0.4 is 4.87 Å². The molecule has 2 rings (SSSR count). The van der Waals surface area contributed by atoms with E-state index in [0.717, 1.165) is 11.3 Å². The van der Waals surface area contributed by atoms with Crippen LogP contribution in [0, 0.1) is 17.0 Å². The van der Waals surface area contributed by atoms with Gasteiger partial charge in [-0.05, 0) is 13.0 Å². The average Bonchev–Trinajstić information content (AvgIpc) is 2.77. The Kier molecular flexibility index (Phi) is 4.49. The second-order valence-electron chi connectivity index (χ2n) is 4.28. The number of nitrogens with zero attached hydrogens (tertiary/aromatic N) is 2. The number of thiazole rings is 1. The fourth-order valence-corrected chi connectivity index (χ4v) is 2.47. The lowest BCUT2D eigenvalue weighted by Gasteiger charge is -2.06. The van der Waals surface area contributed by atoms with E-state index in [2.05, 4.69) is 0 Å². The van der Waals surface area contributed by atoms with Crippen molar-refractivity contribution in [3.05, 3.63) is 60.7 Å². The minimum Gasteiger partial charge on any atom is -0.459 e. The molecule has 0 aliphatic heterocycles. The zero-order valence-corrected chi connectivity index (χ0v) is 12.0. The molecular formula is C13H12N2O5S. The third kappa shape index (κ3) is 3.54. The summed E-state index contributed by atoms with van der Waals surface area (Å²) in [6, 6.07) is 6.03. The molecule has 0 bridgehead atoms. The number of carbonyl (C=O) groups excluding carboxylic acids is 1. The van der Waals surface area contributed by atoms with E-state index >= 15 is 0 Å². The van der Waals surface area contributed by atoms with Crippen molar-refractivity contribution >= 4 is 23.0 Å². The molecule has 0 N–H and O–H groups in total. The quantitative estimate of drug-likeness (QED) is 0.477. The smallest absolute Gasteiger partial charge is 0.326 e. The molecular weight excluding hydrogens is 296 g/mol. The average molecular weight is 308 g/mol. The number of rotatable bonds is 5. The number of ether oxygens (including phenoxy) is 1. The Bertz CT molecular complexity index is 734. The normalized spacial score (nSPS) is 10.3. The van der Waals surface area contributed by atoms with Gasteiger partial charge < -0.3 is 4.74 Å². The highest BCUT2D eigenvalue weighted by atomic mass is 32.1. The number of aromatic nitrogens is 1. The second-order valence-corrected chi connectivity index (χ2v) is 5.10. The molecule has 0 spiro atoms. The molecule has 0 unspecified atom stereocenters. The molecule has 0 saturated heterocycles. The van der Waals surface area contributed by atoms with Gasteiger partial charge in [0.25, 0.3) is 5.69 Å². The molecule has 1 aromatic heterocycles. The van der Waals surface area contributed by atoms with Crippen molar-refractivity contribution in [2.24, 2.45) is 0 Å². The van der Waals surface area contributed by atoms with Crippen molar-refractivity contribution in [2.75, 3.05) is 0 Å². The summed E-state index contributed by atoms with van der Waals surface area (Å²) < 4.78 is 6.30. The summed E-state index contributed by atoms with van der Waals surface area (Å²) in [5.74, 6) is -0.614. The van der Waals surface area contributed by atoms with Crippen LogP contribution in [0.25, 0.3) is 0 Å². The molecule has 110 valence electrons. The fourth-order valence-electron chi connectivity index (χ4n) is 1.74. The molecule has 1 heterocycles. The van der Waals surface area contributed by atoms with E-state index in [1.807, 2.05) is 0 Å². The maximum absolute atomic E-state index is 11.7. The summed E-state index contributed by atoms with van der Waals surface area (Å²) in [4.78, 5) is 33.3. The van der Waals surface area contributed by atoms with E-state index in [9.17, 15) is 19.7 Å². The zero-order chi connectivity index (χ0) is 15.4. The first-order valence-electron chi connectivity index (χ1n) is 6.02. The highest BCUT2D eigenvalue weighted by Crippen LogP contribution is 2.18. The second kappa shape index (κ2) is 6.31. The van der Waals surface area contributed by atoms with Gasteiger partial charge in [-0.2, -0.15) is 0 Å². The summed E-state index contributed by atoms with van der Waals surface area (Å²) >= 11 is 1.00. The maximum atomic E-state index is 11.7. The monoisotopic (exact) mass is 308 g/mol. The predicted octanol–water partition coefficient (Wildman–Crippen LogP) is 1.87. The van der Waals surface area contributed by atoms with Crippen LogP contribution in [0.2, 0.25) is 0 Å². The first-order chi connectivity index (χ1) is 9.99. The summed E-state index contributed by atoms with van der Waals surface area (Å²) in [5, 5.41) is 12.5. The van der Waals surface area contributed by atoms with Crippen molar-refractivity contribution in [1.29, 1.82) is 0 Å². The van der Waals surface area contributed by atoms with Gasteiger partial charge in [-0.1, -0.05) is 23.5 Å². The SMILES string of the molecule is Cc1csc(=O)n1CC(=O)OCc1ccccc1[N+](=O)[O-]. The van der Waals surface area contributed by atoms with Crippen molar-refractivity contribution in [3.63, 3.8) is 0 Å². The number of esters is 1. The number of nitro groups is 1. The number of hydrogen-bond acceptors (Lipinski definition) is 6. The fraction of sp³-hybridized carbons (Fsp3) is 0.231. The van der Waals surface area contributed by atoms with Crippen molar-refractivity contribution in [2.45, 2.75) is 20.1 Å². The minimum atomic E-state index is -0.614. The topological polar surface area (TPSA) is 91.4 Å². The first kappa shape index (κ1) is 14.9. The predicted molar refractivity (Wildman–Crippen MR) is 76.2 cm³/mol. The molecule has 1 aromatic carbocycles. The van der Waals surface area contributed by atoms with Crippen LogP contribution in [0.15, 0.2) is 34.4 Å². The van der Waals surface area contributed by atoms with Crippen molar-refractivity contribution in [1.82, 2.24) is 4.57 Å². The third-order valence-electron chi connectivity index (χ3n) is 2.84. The van der Waals surface area contributed by atoms with Gasteiger partial charge in [-0.15, -0.1) is 0 Å². The van der Waals surface area contributed by atoms with E-state index in [4.69, 9.17) is 4.74 Å². The molecule has 21 heavy (non-hydrogen) atoms. The van der Waals surface area contributed by atoms with Crippen LogP contribution in [-0.2, 0) is 22.7 Å². The van der Waals surface area contributed by atoms with E-state index < -0.39 is 10.9 Å².